The maximum Gasteiger partial charge on any atom is 0.514 e. The van der Waals surface area contributed by atoms with Gasteiger partial charge in [-0.1, -0.05) is 6.08 Å². The van der Waals surface area contributed by atoms with Gasteiger partial charge >= 0.3 is 18.4 Å². The van der Waals surface area contributed by atoms with Crippen LogP contribution in [-0.2, 0) is 9.47 Å². The van der Waals surface area contributed by atoms with E-state index in [0.29, 0.717) is 0 Å². The number of carbonyl (C=O) groups excluding carboxylic acids is 1. The largest absolute Gasteiger partial charge is 0.514 e. The van der Waals surface area contributed by atoms with Gasteiger partial charge in [-0.15, -0.1) is 6.58 Å². The van der Waals surface area contributed by atoms with Crippen molar-refractivity contribution in [1.29, 1.82) is 0 Å². The van der Waals surface area contributed by atoms with E-state index in [-0.39, 0.29) is 0 Å². The van der Waals surface area contributed by atoms with Gasteiger partial charge in [0.05, 0.1) is 0 Å². The molecular weight excluding hydrogens is 158 g/mol. The zero-order valence-corrected chi connectivity index (χ0v) is 5.55. The molecule has 1 fully saturated rings. The lowest BCUT2D eigenvalue weighted by molar-refractivity contribution is -0.134. The Morgan fingerprint density at radius 3 is 2.82 bits per heavy atom. The van der Waals surface area contributed by atoms with E-state index in [1.807, 2.05) is 0 Å². The number of carbonyl (C=O) groups is 1. The van der Waals surface area contributed by atoms with E-state index in [9.17, 15) is 13.6 Å². The number of hydrogen-bond acceptors (Lipinski definition) is 3. The molecule has 1 aliphatic heterocycles. The highest BCUT2D eigenvalue weighted by molar-refractivity contribution is 5.62. The molecule has 0 N–H and O–H groups in total. The average molecular weight is 164 g/mol. The van der Waals surface area contributed by atoms with Crippen molar-refractivity contribution in [2.45, 2.75) is 18.6 Å². The second-order valence-electron chi connectivity index (χ2n) is 2.06. The number of hydrogen-bond donors (Lipinski definition) is 0. The molecule has 0 saturated carbocycles. The minimum absolute atomic E-state index is 0.417. The first-order valence-corrected chi connectivity index (χ1v) is 2.92. The number of rotatable bonds is 2. The zero-order valence-electron chi connectivity index (χ0n) is 5.55. The molecule has 2 atom stereocenters. The van der Waals surface area contributed by atoms with Crippen LogP contribution in [-0.4, -0.2) is 18.4 Å². The maximum atomic E-state index is 12.9. The number of cyclic esters (lactones) is 2. The molecule has 1 rings (SSSR count). The van der Waals surface area contributed by atoms with E-state index < -0.39 is 24.8 Å². The van der Waals surface area contributed by atoms with Crippen molar-refractivity contribution < 1.29 is 23.0 Å². The maximum absolute atomic E-state index is 12.9. The van der Waals surface area contributed by atoms with Crippen LogP contribution >= 0.6 is 0 Å². The van der Waals surface area contributed by atoms with Crippen LogP contribution in [0.15, 0.2) is 12.7 Å². The van der Waals surface area contributed by atoms with Gasteiger partial charge in [-0.05, 0) is 0 Å². The van der Waals surface area contributed by atoms with E-state index in [1.165, 1.54) is 0 Å². The fourth-order valence-corrected chi connectivity index (χ4v) is 0.713. The molecule has 0 aromatic rings. The van der Waals surface area contributed by atoms with Crippen molar-refractivity contribution in [1.82, 2.24) is 0 Å². The lowest BCUT2D eigenvalue weighted by Gasteiger charge is -2.13. The smallest absolute Gasteiger partial charge is 0.392 e. The lowest BCUT2D eigenvalue weighted by atomic mass is 10.2. The minimum atomic E-state index is -2.68. The molecule has 62 valence electrons. The molecule has 11 heavy (non-hydrogen) atoms. The van der Waals surface area contributed by atoms with Crippen molar-refractivity contribution in [2.75, 3.05) is 0 Å². The highest BCUT2D eigenvalue weighted by atomic mass is 19.2. The molecule has 0 radical (unpaired) electrons. The molecule has 5 heteroatoms. The van der Waals surface area contributed by atoms with Crippen molar-refractivity contribution in [3.63, 3.8) is 0 Å². The first kappa shape index (κ1) is 7.97. The predicted molar refractivity (Wildman–Crippen MR) is 31.1 cm³/mol. The van der Waals surface area contributed by atoms with Crippen LogP contribution in [0.25, 0.3) is 0 Å². The third-order valence-corrected chi connectivity index (χ3v) is 1.21. The van der Waals surface area contributed by atoms with Gasteiger partial charge in [0.2, 0.25) is 0 Å². The minimum Gasteiger partial charge on any atom is -0.392 e. The van der Waals surface area contributed by atoms with Gasteiger partial charge in [0.1, 0.15) is 0 Å². The molecule has 1 saturated heterocycles. The Kier molecular flexibility index (Phi) is 1.80. The van der Waals surface area contributed by atoms with Gasteiger partial charge in [-0.3, -0.25) is 0 Å². The first-order chi connectivity index (χ1) is 5.08. The summed E-state index contributed by atoms with van der Waals surface area (Å²) in [5.74, 6) is -2.68. The number of ether oxygens (including phenoxy) is 2. The van der Waals surface area contributed by atoms with E-state index >= 15 is 0 Å². The summed E-state index contributed by atoms with van der Waals surface area (Å²) in [4.78, 5) is 10.2. The molecule has 1 aliphatic rings. The van der Waals surface area contributed by atoms with E-state index in [4.69, 9.17) is 0 Å². The van der Waals surface area contributed by atoms with Crippen molar-refractivity contribution >= 4 is 6.16 Å². The standard InChI is InChI=1S/C6H6F2O3/c1-2-3-6(8)4(7)10-5(9)11-6/h2,4H,1,3H2. The van der Waals surface area contributed by atoms with Crippen LogP contribution in [0.5, 0.6) is 0 Å². The molecule has 0 aromatic carbocycles. The Morgan fingerprint density at radius 2 is 2.45 bits per heavy atom. The summed E-state index contributed by atoms with van der Waals surface area (Å²) in [5.41, 5.74) is 0. The quantitative estimate of drug-likeness (QED) is 0.460. The molecule has 0 amide bonds. The van der Waals surface area contributed by atoms with Crippen LogP contribution in [0.4, 0.5) is 13.6 Å². The Balaban J connectivity index is 2.69. The van der Waals surface area contributed by atoms with Crippen LogP contribution in [0, 0.1) is 0 Å². The normalized spacial score (nSPS) is 36.2. The highest BCUT2D eigenvalue weighted by Gasteiger charge is 2.52. The zero-order chi connectivity index (χ0) is 8.48. The molecule has 0 bridgehead atoms. The van der Waals surface area contributed by atoms with E-state index in [1.54, 1.807) is 0 Å². The summed E-state index contributed by atoms with van der Waals surface area (Å²) in [6.45, 7) is 3.18. The van der Waals surface area contributed by atoms with Gasteiger partial charge in [0, 0.05) is 6.42 Å². The van der Waals surface area contributed by atoms with E-state index in [2.05, 4.69) is 16.1 Å². The summed E-state index contributed by atoms with van der Waals surface area (Å²) in [6, 6.07) is 0. The lowest BCUT2D eigenvalue weighted by Crippen LogP contribution is -2.30. The molecule has 0 spiro atoms. The Hall–Kier alpha value is -1.13. The number of halogens is 2. The SMILES string of the molecule is C=CCC1(F)OC(=O)OC1F. The molecule has 1 heterocycles. The third-order valence-electron chi connectivity index (χ3n) is 1.21. The molecule has 0 aromatic heterocycles. The summed E-state index contributed by atoms with van der Waals surface area (Å²) in [6.07, 6.45) is -3.00. The summed E-state index contributed by atoms with van der Waals surface area (Å²) < 4.78 is 33.1. The van der Waals surface area contributed by atoms with Gasteiger partial charge in [0.15, 0.2) is 0 Å². The Labute approximate surface area is 61.6 Å². The van der Waals surface area contributed by atoms with Gasteiger partial charge in [0.25, 0.3) is 0 Å². The Morgan fingerprint density at radius 1 is 1.82 bits per heavy atom. The van der Waals surface area contributed by atoms with Crippen molar-refractivity contribution in [3.05, 3.63) is 12.7 Å². The molecule has 2 unspecified atom stereocenters. The van der Waals surface area contributed by atoms with Gasteiger partial charge in [-0.2, -0.15) is 8.78 Å². The van der Waals surface area contributed by atoms with Gasteiger partial charge < -0.3 is 9.47 Å². The monoisotopic (exact) mass is 164 g/mol. The second-order valence-corrected chi connectivity index (χ2v) is 2.06. The number of alkyl halides is 2. The van der Waals surface area contributed by atoms with Crippen LogP contribution in [0.2, 0.25) is 0 Å². The third kappa shape index (κ3) is 1.31. The molecule has 3 nitrogen and oxygen atoms in total. The second kappa shape index (κ2) is 2.48. The van der Waals surface area contributed by atoms with Gasteiger partial charge in [-0.25, -0.2) is 4.79 Å². The Bertz CT molecular complexity index is 194. The van der Waals surface area contributed by atoms with E-state index in [0.717, 1.165) is 6.08 Å². The van der Waals surface area contributed by atoms with Crippen molar-refractivity contribution in [3.8, 4) is 0 Å². The predicted octanol–water partition coefficient (Wildman–Crippen LogP) is 1.69. The summed E-state index contributed by atoms with van der Waals surface area (Å²) >= 11 is 0. The fraction of sp³-hybridized carbons (Fsp3) is 0.500. The van der Waals surface area contributed by atoms with Crippen LogP contribution < -0.4 is 0 Å². The average Bonchev–Trinajstić information content (AvgIpc) is 2.08. The van der Waals surface area contributed by atoms with Crippen LogP contribution in [0.1, 0.15) is 6.42 Å². The summed E-state index contributed by atoms with van der Waals surface area (Å²) in [5, 5.41) is 0. The summed E-state index contributed by atoms with van der Waals surface area (Å²) in [7, 11) is 0. The fourth-order valence-electron chi connectivity index (χ4n) is 0.713. The molecular formula is C6H6F2O3. The van der Waals surface area contributed by atoms with Crippen molar-refractivity contribution in [2.24, 2.45) is 0 Å². The topological polar surface area (TPSA) is 35.5 Å². The first-order valence-electron chi connectivity index (χ1n) is 2.92. The molecule has 0 aliphatic carbocycles. The van der Waals surface area contributed by atoms with Crippen LogP contribution in [0.3, 0.4) is 0 Å². The highest BCUT2D eigenvalue weighted by Crippen LogP contribution is 2.32.